The van der Waals surface area contributed by atoms with E-state index in [1.165, 1.54) is 38.5 Å². The van der Waals surface area contributed by atoms with Crippen molar-refractivity contribution in [3.63, 3.8) is 0 Å². The summed E-state index contributed by atoms with van der Waals surface area (Å²) in [6, 6.07) is 0. The van der Waals surface area contributed by atoms with Gasteiger partial charge in [0.2, 0.25) is 0 Å². The summed E-state index contributed by atoms with van der Waals surface area (Å²) >= 11 is 4.88. The summed E-state index contributed by atoms with van der Waals surface area (Å²) in [5.41, 5.74) is -3.55. The first-order chi connectivity index (χ1) is 8.09. The molecule has 0 amide bonds. The van der Waals surface area contributed by atoms with Crippen LogP contribution >= 0.6 is 5.69 Å². The van der Waals surface area contributed by atoms with Gasteiger partial charge in [-0.3, -0.25) is 0 Å². The van der Waals surface area contributed by atoms with Crippen molar-refractivity contribution in [1.29, 1.82) is 0 Å². The van der Waals surface area contributed by atoms with Crippen LogP contribution in [-0.4, -0.2) is 10.5 Å². The smallest absolute Gasteiger partial charge is 0.854 e. The third kappa shape index (κ3) is 8.43. The van der Waals surface area contributed by atoms with Crippen molar-refractivity contribution >= 4 is 28.0 Å². The van der Waals surface area contributed by atoms with E-state index in [1.807, 2.05) is 0 Å². The molecule has 0 aromatic carbocycles. The quantitative estimate of drug-likeness (QED) is 0.279. The summed E-state index contributed by atoms with van der Waals surface area (Å²) in [6.45, 7) is 0. The largest absolute Gasteiger partial charge is 1.00 e. The molecule has 2 aliphatic carbocycles. The first-order valence-corrected chi connectivity index (χ1v) is 11.4. The molecule has 0 aliphatic heterocycles. The van der Waals surface area contributed by atoms with Crippen LogP contribution < -0.4 is 98.5 Å². The predicted molar refractivity (Wildman–Crippen MR) is 75.4 cm³/mol. The molecular formula is C12H22Na3O2PS2. The predicted octanol–water partition coefficient (Wildman–Crippen LogP) is -6.77. The molecule has 0 aromatic heterocycles. The zero-order valence-electron chi connectivity index (χ0n) is 13.3. The SMILES string of the molecule is [Na+].[Na+].[Na+].[O-]P([O-])([S-])=S(C1CCCCC1)C1CCCCC1. The molecule has 2 rings (SSSR count). The fourth-order valence-corrected chi connectivity index (χ4v) is 11.8. The normalized spacial score (nSPS) is 21.6. The van der Waals surface area contributed by atoms with Gasteiger partial charge in [-0.25, -0.2) is 10.1 Å². The van der Waals surface area contributed by atoms with Crippen LogP contribution in [0.4, 0.5) is 0 Å². The molecule has 20 heavy (non-hydrogen) atoms. The first kappa shape index (κ1) is 26.3. The summed E-state index contributed by atoms with van der Waals surface area (Å²) in [4.78, 5) is 24.0. The second-order valence-electron chi connectivity index (χ2n) is 5.31. The van der Waals surface area contributed by atoms with Crippen molar-refractivity contribution in [3.05, 3.63) is 0 Å². The maximum absolute atomic E-state index is 12.0. The fraction of sp³-hybridized carbons (Fsp3) is 1.00. The molecule has 102 valence electrons. The first-order valence-electron chi connectivity index (χ1n) is 6.83. The van der Waals surface area contributed by atoms with Crippen molar-refractivity contribution in [2.24, 2.45) is 0 Å². The Kier molecular flexibility index (Phi) is 17.5. The summed E-state index contributed by atoms with van der Waals surface area (Å²) in [5.74, 6) is 0. The summed E-state index contributed by atoms with van der Waals surface area (Å²) < 4.78 is 0. The Morgan fingerprint density at radius 2 is 1.00 bits per heavy atom. The summed E-state index contributed by atoms with van der Waals surface area (Å²) in [7, 11) is -0.500. The molecule has 0 spiro atoms. The van der Waals surface area contributed by atoms with E-state index in [2.05, 4.69) is 0 Å². The Hall–Kier alpha value is 4.05. The minimum atomic E-state index is -3.55. The zero-order valence-corrected chi connectivity index (χ0v) is 21.8. The van der Waals surface area contributed by atoms with Crippen molar-refractivity contribution < 1.29 is 98.5 Å². The number of hydrogen-bond donors (Lipinski definition) is 0. The third-order valence-electron chi connectivity index (χ3n) is 4.05. The maximum atomic E-state index is 12.0. The van der Waals surface area contributed by atoms with E-state index in [-0.39, 0.29) is 88.7 Å². The molecule has 8 heteroatoms. The molecule has 2 aliphatic rings. The summed E-state index contributed by atoms with van der Waals surface area (Å²) in [5, 5.41) is 0.792. The van der Waals surface area contributed by atoms with Crippen molar-refractivity contribution in [1.82, 2.24) is 0 Å². The van der Waals surface area contributed by atoms with Gasteiger partial charge >= 0.3 is 88.7 Å². The second kappa shape index (κ2) is 13.3. The zero-order chi connectivity index (χ0) is 12.3. The van der Waals surface area contributed by atoms with E-state index in [0.29, 0.717) is 10.5 Å². The molecule has 2 saturated carbocycles. The van der Waals surface area contributed by atoms with Crippen LogP contribution in [0.3, 0.4) is 0 Å². The molecule has 0 atom stereocenters. The summed E-state index contributed by atoms with van der Waals surface area (Å²) in [6.07, 6.45) is 11.8. The van der Waals surface area contributed by atoms with E-state index in [4.69, 9.17) is 12.2 Å². The molecule has 0 unspecified atom stereocenters. The number of rotatable bonds is 2. The fourth-order valence-electron chi connectivity index (χ4n) is 3.25. The van der Waals surface area contributed by atoms with Gasteiger partial charge in [-0.1, -0.05) is 38.5 Å². The molecule has 2 nitrogen and oxygen atoms in total. The van der Waals surface area contributed by atoms with Crippen LogP contribution in [0.5, 0.6) is 0 Å². The molecule has 0 radical (unpaired) electrons. The van der Waals surface area contributed by atoms with Gasteiger partial charge in [-0.15, -0.1) is 0 Å². The third-order valence-corrected chi connectivity index (χ3v) is 11.8. The molecule has 0 N–H and O–H groups in total. The average molecular weight is 362 g/mol. The van der Waals surface area contributed by atoms with Gasteiger partial charge in [-0.05, 0) is 36.2 Å². The Morgan fingerprint density at radius 1 is 0.700 bits per heavy atom. The van der Waals surface area contributed by atoms with Crippen LogP contribution in [0.25, 0.3) is 0 Å². The minimum absolute atomic E-state index is 0. The van der Waals surface area contributed by atoms with E-state index in [1.54, 1.807) is 0 Å². The van der Waals surface area contributed by atoms with Crippen LogP contribution in [0, 0.1) is 0 Å². The Balaban J connectivity index is 0. The van der Waals surface area contributed by atoms with E-state index in [0.717, 1.165) is 25.7 Å². The van der Waals surface area contributed by atoms with Crippen molar-refractivity contribution in [2.75, 3.05) is 0 Å². The molecule has 0 heterocycles. The number of hydrogen-bond acceptors (Lipinski definition) is 3. The van der Waals surface area contributed by atoms with Gasteiger partial charge in [0.05, 0.1) is 0 Å². The van der Waals surface area contributed by atoms with Gasteiger partial charge in [0, 0.05) is 0 Å². The van der Waals surface area contributed by atoms with Crippen LogP contribution in [0.2, 0.25) is 0 Å². The molecule has 0 bridgehead atoms. The van der Waals surface area contributed by atoms with E-state index < -0.39 is 15.8 Å². The maximum Gasteiger partial charge on any atom is 1.00 e. The van der Waals surface area contributed by atoms with E-state index >= 15 is 0 Å². The molecule has 0 aromatic rings. The van der Waals surface area contributed by atoms with Crippen LogP contribution in [-0.2, 0) is 22.3 Å². The average Bonchev–Trinajstić information content (AvgIpc) is 2.30. The minimum Gasteiger partial charge on any atom is -0.854 e. The van der Waals surface area contributed by atoms with Crippen LogP contribution in [0.15, 0.2) is 0 Å². The topological polar surface area (TPSA) is 46.1 Å². The van der Waals surface area contributed by atoms with Gasteiger partial charge in [0.25, 0.3) is 0 Å². The van der Waals surface area contributed by atoms with E-state index in [9.17, 15) is 9.79 Å². The molecular weight excluding hydrogens is 340 g/mol. The molecule has 2 fully saturated rings. The standard InChI is InChI=1S/C12H22O2PS2.3Na/c13-15(14,16)17(11-7-3-1-4-8-11)12-9-5-2-6-10-12;;;/h11-12H,1-10H2;;;/q-3;3*+1. The van der Waals surface area contributed by atoms with Gasteiger partial charge in [0.15, 0.2) is 0 Å². The Labute approximate surface area is 198 Å². The Morgan fingerprint density at radius 3 is 1.25 bits per heavy atom. The Bertz CT molecular complexity index is 286. The van der Waals surface area contributed by atoms with Gasteiger partial charge in [0.1, 0.15) is 0 Å². The van der Waals surface area contributed by atoms with Gasteiger partial charge in [-0.2, -0.15) is 0 Å². The second-order valence-corrected chi connectivity index (χ2v) is 13.1. The van der Waals surface area contributed by atoms with Crippen molar-refractivity contribution in [2.45, 2.75) is 74.7 Å². The van der Waals surface area contributed by atoms with Crippen LogP contribution in [0.1, 0.15) is 64.2 Å². The molecule has 0 saturated heterocycles. The van der Waals surface area contributed by atoms with Crippen molar-refractivity contribution in [3.8, 4) is 0 Å². The monoisotopic (exact) mass is 362 g/mol. The van der Waals surface area contributed by atoms with Gasteiger partial charge < -0.3 is 27.7 Å².